The Morgan fingerprint density at radius 3 is 2.30 bits per heavy atom. The van der Waals surface area contributed by atoms with Crippen LogP contribution >= 0.6 is 23.2 Å². The smallest absolute Gasteiger partial charge is 0.269 e. The maximum Gasteiger partial charge on any atom is 0.269 e. The second-order valence-corrected chi connectivity index (χ2v) is 8.43. The number of para-hydroxylation sites is 1. The number of nitro groups is 1. The highest BCUT2D eigenvalue weighted by molar-refractivity contribution is 6.42. The summed E-state index contributed by atoms with van der Waals surface area (Å²) in [6.45, 7) is 0. The third kappa shape index (κ3) is 3.52. The Hall–Kier alpha value is -3.46. The standard InChI is InChI=1S/C23H15Cl2N3O5/c24-17-10-9-15(12-18(17)25)26-22(29)19-20(13-5-4-8-16(11-13)28(31)32)27(33-21(19)23(26)30)14-6-2-1-3-7-14/h1-12,19-21H/t19-,20+,21-/m0/s1. The lowest BCUT2D eigenvalue weighted by molar-refractivity contribution is -0.384. The molecule has 0 bridgehead atoms. The normalized spacial score (nSPS) is 22.1. The molecule has 3 aromatic carbocycles. The van der Waals surface area contributed by atoms with Crippen molar-refractivity contribution in [1.82, 2.24) is 0 Å². The van der Waals surface area contributed by atoms with Crippen molar-refractivity contribution < 1.29 is 19.3 Å². The monoisotopic (exact) mass is 483 g/mol. The highest BCUT2D eigenvalue weighted by atomic mass is 35.5. The zero-order valence-corrected chi connectivity index (χ0v) is 18.3. The van der Waals surface area contributed by atoms with Gasteiger partial charge >= 0.3 is 0 Å². The summed E-state index contributed by atoms with van der Waals surface area (Å²) in [5, 5.41) is 13.3. The topological polar surface area (TPSA) is 93.0 Å². The SMILES string of the molecule is O=C1[C@@H]2[C@H](ON(c3ccccc3)[C@@H]2c2cccc([N+](=O)[O-])c2)C(=O)N1c1ccc(Cl)c(Cl)c1. The number of nitrogens with zero attached hydrogens (tertiary/aromatic N) is 3. The number of imide groups is 1. The van der Waals surface area contributed by atoms with E-state index in [9.17, 15) is 19.7 Å². The van der Waals surface area contributed by atoms with E-state index in [1.807, 2.05) is 6.07 Å². The lowest BCUT2D eigenvalue weighted by Crippen LogP contribution is -2.37. The summed E-state index contributed by atoms with van der Waals surface area (Å²) in [6.07, 6.45) is -1.10. The highest BCUT2D eigenvalue weighted by Gasteiger charge is 2.60. The Balaban J connectivity index is 1.60. The van der Waals surface area contributed by atoms with E-state index in [0.717, 1.165) is 4.90 Å². The van der Waals surface area contributed by atoms with Crippen LogP contribution in [-0.2, 0) is 14.4 Å². The number of carbonyl (C=O) groups is 2. The van der Waals surface area contributed by atoms with E-state index in [1.165, 1.54) is 35.4 Å². The van der Waals surface area contributed by atoms with E-state index < -0.39 is 34.8 Å². The summed E-state index contributed by atoms with van der Waals surface area (Å²) in [4.78, 5) is 44.8. The molecule has 2 amide bonds. The predicted molar refractivity (Wildman–Crippen MR) is 122 cm³/mol. The van der Waals surface area contributed by atoms with Crippen LogP contribution in [0.4, 0.5) is 17.1 Å². The highest BCUT2D eigenvalue weighted by Crippen LogP contribution is 2.48. The first-order valence-corrected chi connectivity index (χ1v) is 10.7. The molecule has 2 saturated heterocycles. The van der Waals surface area contributed by atoms with Gasteiger partial charge in [-0.05, 0) is 35.9 Å². The second kappa shape index (κ2) is 8.15. The van der Waals surface area contributed by atoms with Gasteiger partial charge in [-0.25, -0.2) is 9.96 Å². The number of benzene rings is 3. The summed E-state index contributed by atoms with van der Waals surface area (Å²) in [5.41, 5.74) is 1.26. The first kappa shape index (κ1) is 21.4. The number of non-ortho nitro benzene ring substituents is 1. The van der Waals surface area contributed by atoms with Gasteiger partial charge in [-0.15, -0.1) is 0 Å². The summed E-state index contributed by atoms with van der Waals surface area (Å²) in [7, 11) is 0. The van der Waals surface area contributed by atoms with Crippen molar-refractivity contribution in [2.24, 2.45) is 5.92 Å². The number of hydrogen-bond acceptors (Lipinski definition) is 6. The fourth-order valence-electron chi connectivity index (χ4n) is 4.25. The van der Waals surface area contributed by atoms with Gasteiger partial charge in [-0.1, -0.05) is 53.5 Å². The summed E-state index contributed by atoms with van der Waals surface area (Å²) in [6, 6.07) is 18.7. The van der Waals surface area contributed by atoms with E-state index in [1.54, 1.807) is 36.4 Å². The number of nitro benzene ring substituents is 1. The zero-order valence-electron chi connectivity index (χ0n) is 16.8. The van der Waals surface area contributed by atoms with Crippen LogP contribution in [-0.4, -0.2) is 22.8 Å². The van der Waals surface area contributed by atoms with Crippen molar-refractivity contribution in [2.45, 2.75) is 12.1 Å². The number of fused-ring (bicyclic) bond motifs is 1. The Morgan fingerprint density at radius 2 is 1.61 bits per heavy atom. The third-order valence-electron chi connectivity index (χ3n) is 5.71. The average molecular weight is 484 g/mol. The molecule has 166 valence electrons. The van der Waals surface area contributed by atoms with Gasteiger partial charge in [0.2, 0.25) is 5.91 Å². The van der Waals surface area contributed by atoms with Gasteiger partial charge in [0.05, 0.1) is 32.4 Å². The fraction of sp³-hybridized carbons (Fsp3) is 0.130. The molecule has 0 N–H and O–H groups in total. The van der Waals surface area contributed by atoms with Gasteiger partial charge in [0, 0.05) is 12.1 Å². The minimum Gasteiger partial charge on any atom is -0.273 e. The van der Waals surface area contributed by atoms with Crippen LogP contribution in [0.5, 0.6) is 0 Å². The van der Waals surface area contributed by atoms with Crippen molar-refractivity contribution in [3.63, 3.8) is 0 Å². The molecule has 0 radical (unpaired) electrons. The lowest BCUT2D eigenvalue weighted by atomic mass is 9.90. The predicted octanol–water partition coefficient (Wildman–Crippen LogP) is 4.95. The van der Waals surface area contributed by atoms with Crippen molar-refractivity contribution in [1.29, 1.82) is 0 Å². The molecule has 0 aromatic heterocycles. The van der Waals surface area contributed by atoms with E-state index >= 15 is 0 Å². The number of anilines is 2. The number of amides is 2. The van der Waals surface area contributed by atoms with E-state index in [4.69, 9.17) is 28.0 Å². The number of hydroxylamine groups is 1. The molecule has 0 unspecified atom stereocenters. The number of hydrogen-bond donors (Lipinski definition) is 0. The van der Waals surface area contributed by atoms with Crippen LogP contribution in [0.1, 0.15) is 11.6 Å². The van der Waals surface area contributed by atoms with Gasteiger partial charge in [-0.3, -0.25) is 24.5 Å². The Bertz CT molecular complexity index is 1290. The van der Waals surface area contributed by atoms with Crippen molar-refractivity contribution in [2.75, 3.05) is 9.96 Å². The Morgan fingerprint density at radius 1 is 0.848 bits per heavy atom. The molecule has 2 heterocycles. The molecule has 33 heavy (non-hydrogen) atoms. The first-order valence-electron chi connectivity index (χ1n) is 9.95. The van der Waals surface area contributed by atoms with Gasteiger partial charge in [0.1, 0.15) is 5.92 Å². The molecule has 2 aliphatic heterocycles. The van der Waals surface area contributed by atoms with Crippen LogP contribution in [0.25, 0.3) is 0 Å². The van der Waals surface area contributed by atoms with Gasteiger partial charge in [-0.2, -0.15) is 0 Å². The Labute approximate surface area is 198 Å². The van der Waals surface area contributed by atoms with Crippen LogP contribution in [0.2, 0.25) is 10.0 Å². The first-order chi connectivity index (χ1) is 15.9. The molecule has 0 aliphatic carbocycles. The quantitative estimate of drug-likeness (QED) is 0.296. The third-order valence-corrected chi connectivity index (χ3v) is 6.45. The summed E-state index contributed by atoms with van der Waals surface area (Å²) in [5.74, 6) is -1.95. The van der Waals surface area contributed by atoms with Gasteiger partial charge < -0.3 is 0 Å². The van der Waals surface area contributed by atoms with Crippen molar-refractivity contribution in [3.05, 3.63) is 98.5 Å². The van der Waals surface area contributed by atoms with Gasteiger partial charge in [0.15, 0.2) is 6.10 Å². The lowest BCUT2D eigenvalue weighted by Gasteiger charge is -2.28. The number of halogens is 2. The van der Waals surface area contributed by atoms with E-state index in [0.29, 0.717) is 16.3 Å². The number of carbonyl (C=O) groups excluding carboxylic acids is 2. The largest absolute Gasteiger partial charge is 0.273 e. The van der Waals surface area contributed by atoms with Crippen LogP contribution in [0.3, 0.4) is 0 Å². The fourth-order valence-corrected chi connectivity index (χ4v) is 4.55. The maximum absolute atomic E-state index is 13.6. The molecule has 2 fully saturated rings. The molecular weight excluding hydrogens is 469 g/mol. The molecule has 10 heteroatoms. The molecular formula is C23H15Cl2N3O5. The van der Waals surface area contributed by atoms with E-state index in [2.05, 4.69) is 0 Å². The van der Waals surface area contributed by atoms with E-state index in [-0.39, 0.29) is 16.4 Å². The number of rotatable bonds is 4. The molecule has 2 aliphatic rings. The van der Waals surface area contributed by atoms with Crippen LogP contribution in [0.15, 0.2) is 72.8 Å². The second-order valence-electron chi connectivity index (χ2n) is 7.62. The molecule has 0 saturated carbocycles. The van der Waals surface area contributed by atoms with Crippen LogP contribution in [0, 0.1) is 16.0 Å². The minimum atomic E-state index is -1.10. The molecule has 8 nitrogen and oxygen atoms in total. The van der Waals surface area contributed by atoms with Crippen LogP contribution < -0.4 is 9.96 Å². The maximum atomic E-state index is 13.6. The zero-order chi connectivity index (χ0) is 23.3. The van der Waals surface area contributed by atoms with Crippen molar-refractivity contribution >= 4 is 52.1 Å². The summed E-state index contributed by atoms with van der Waals surface area (Å²) >= 11 is 12.1. The van der Waals surface area contributed by atoms with Crippen molar-refractivity contribution in [3.8, 4) is 0 Å². The summed E-state index contributed by atoms with van der Waals surface area (Å²) < 4.78 is 0. The average Bonchev–Trinajstić information content (AvgIpc) is 3.32. The molecule has 5 rings (SSSR count). The minimum absolute atomic E-state index is 0.123. The molecule has 0 spiro atoms. The molecule has 3 aromatic rings. The molecule has 3 atom stereocenters. The Kier molecular flexibility index (Phi) is 5.28. The van der Waals surface area contributed by atoms with Gasteiger partial charge in [0.25, 0.3) is 11.6 Å².